The fraction of sp³-hybridized carbons (Fsp3) is 0.250. The van der Waals surface area contributed by atoms with Crippen molar-refractivity contribution in [1.82, 2.24) is 10.2 Å². The van der Waals surface area contributed by atoms with Gasteiger partial charge in [0.2, 0.25) is 0 Å². The van der Waals surface area contributed by atoms with E-state index in [2.05, 4.69) is 14.9 Å². The smallest absolute Gasteiger partial charge is 0.265 e. The van der Waals surface area contributed by atoms with Crippen LogP contribution in [0.1, 0.15) is 11.4 Å². The van der Waals surface area contributed by atoms with Gasteiger partial charge in [-0.1, -0.05) is 0 Å². The van der Waals surface area contributed by atoms with Gasteiger partial charge in [-0.15, -0.1) is 0 Å². The lowest BCUT2D eigenvalue weighted by molar-refractivity contribution is 0.273. The van der Waals surface area contributed by atoms with Crippen LogP contribution in [0.4, 0.5) is 5.69 Å². The molecule has 0 aliphatic carbocycles. The fourth-order valence-electron chi connectivity index (χ4n) is 1.80. The summed E-state index contributed by atoms with van der Waals surface area (Å²) in [5.41, 5.74) is 0.855. The summed E-state index contributed by atoms with van der Waals surface area (Å²) in [6.07, 6.45) is 0. The number of anilines is 1. The van der Waals surface area contributed by atoms with E-state index in [1.807, 2.05) is 0 Å². The molecule has 2 aromatic rings. The molecule has 0 saturated carbocycles. The average Bonchev–Trinajstić information content (AvgIpc) is 2.81. The Bertz CT molecular complexity index is 692. The van der Waals surface area contributed by atoms with E-state index >= 15 is 0 Å². The Hall–Kier alpha value is -2.06. The van der Waals surface area contributed by atoms with Gasteiger partial charge in [0.05, 0.1) is 19.4 Å². The van der Waals surface area contributed by atoms with Gasteiger partial charge >= 0.3 is 0 Å². The molecule has 0 fully saturated rings. The molecule has 7 nitrogen and oxygen atoms in total. The second-order valence-electron chi connectivity index (χ2n) is 4.12. The Labute approximate surface area is 116 Å². The predicted octanol–water partition coefficient (Wildman–Crippen LogP) is 1.02. The highest BCUT2D eigenvalue weighted by Crippen LogP contribution is 2.22. The summed E-state index contributed by atoms with van der Waals surface area (Å²) in [6.45, 7) is 1.12. The monoisotopic (exact) mass is 297 g/mol. The summed E-state index contributed by atoms with van der Waals surface area (Å²) in [5.74, 6) is 0.628. The summed E-state index contributed by atoms with van der Waals surface area (Å²) < 4.78 is 32.0. The first kappa shape index (κ1) is 14.4. The molecule has 0 spiro atoms. The Morgan fingerprint density at radius 2 is 2.00 bits per heavy atom. The number of aromatic amines is 1. The quantitative estimate of drug-likeness (QED) is 0.764. The molecule has 0 unspecified atom stereocenters. The largest absolute Gasteiger partial charge is 0.497 e. The van der Waals surface area contributed by atoms with Gasteiger partial charge in [0, 0.05) is 5.69 Å². The number of benzene rings is 1. The maximum absolute atomic E-state index is 12.3. The molecular weight excluding hydrogens is 282 g/mol. The van der Waals surface area contributed by atoms with E-state index in [-0.39, 0.29) is 10.6 Å². The fourth-order valence-corrected chi connectivity index (χ4v) is 3.22. The molecule has 20 heavy (non-hydrogen) atoms. The van der Waals surface area contributed by atoms with Crippen LogP contribution in [0, 0.1) is 6.92 Å². The lowest BCUT2D eigenvalue weighted by Gasteiger charge is -2.09. The van der Waals surface area contributed by atoms with Crippen molar-refractivity contribution in [3.8, 4) is 5.75 Å². The Kier molecular flexibility index (Phi) is 3.96. The summed E-state index contributed by atoms with van der Waals surface area (Å²) in [5, 5.41) is 15.4. The van der Waals surface area contributed by atoms with Crippen LogP contribution in [-0.4, -0.2) is 30.8 Å². The number of hydrogen-bond acceptors (Lipinski definition) is 5. The third kappa shape index (κ3) is 2.75. The van der Waals surface area contributed by atoms with Gasteiger partial charge in [0.15, 0.2) is 0 Å². The molecule has 0 aliphatic rings. The van der Waals surface area contributed by atoms with Crippen LogP contribution in [0.2, 0.25) is 0 Å². The molecule has 3 N–H and O–H groups in total. The number of aliphatic hydroxyl groups is 1. The first-order valence-corrected chi connectivity index (χ1v) is 7.28. The van der Waals surface area contributed by atoms with Gasteiger partial charge in [-0.25, -0.2) is 8.42 Å². The minimum Gasteiger partial charge on any atom is -0.497 e. The van der Waals surface area contributed by atoms with Crippen molar-refractivity contribution in [2.75, 3.05) is 11.8 Å². The van der Waals surface area contributed by atoms with Crippen LogP contribution < -0.4 is 9.46 Å². The van der Waals surface area contributed by atoms with Gasteiger partial charge < -0.3 is 9.84 Å². The number of aromatic nitrogens is 2. The number of H-pyrrole nitrogens is 1. The standard InChI is InChI=1S/C12H15N3O4S/c1-8-12(11(7-16)14-13-8)20(17,18)15-9-3-5-10(19-2)6-4-9/h3-6,15-16H,7H2,1-2H3,(H,13,14). The minimum atomic E-state index is -3.81. The molecule has 0 bridgehead atoms. The highest BCUT2D eigenvalue weighted by Gasteiger charge is 2.24. The van der Waals surface area contributed by atoms with Crippen molar-refractivity contribution in [3.63, 3.8) is 0 Å². The van der Waals surface area contributed by atoms with Crippen molar-refractivity contribution >= 4 is 15.7 Å². The lowest BCUT2D eigenvalue weighted by Crippen LogP contribution is -2.15. The van der Waals surface area contributed by atoms with Crippen LogP contribution in [-0.2, 0) is 16.6 Å². The summed E-state index contributed by atoms with van der Waals surface area (Å²) in [7, 11) is -2.28. The van der Waals surface area contributed by atoms with Gasteiger partial charge in [-0.2, -0.15) is 5.10 Å². The molecule has 0 aliphatic heterocycles. The number of ether oxygens (including phenoxy) is 1. The van der Waals surface area contributed by atoms with E-state index < -0.39 is 16.6 Å². The Morgan fingerprint density at radius 1 is 1.35 bits per heavy atom. The van der Waals surface area contributed by atoms with Gasteiger partial charge in [-0.05, 0) is 31.2 Å². The minimum absolute atomic E-state index is 0.0316. The van der Waals surface area contributed by atoms with Crippen molar-refractivity contribution in [3.05, 3.63) is 35.7 Å². The van der Waals surface area contributed by atoms with E-state index in [9.17, 15) is 8.42 Å². The van der Waals surface area contributed by atoms with Crippen LogP contribution in [0.3, 0.4) is 0 Å². The molecular formula is C12H15N3O4S. The van der Waals surface area contributed by atoms with Crippen molar-refractivity contribution < 1.29 is 18.3 Å². The first-order valence-electron chi connectivity index (χ1n) is 5.79. The number of sulfonamides is 1. The summed E-state index contributed by atoms with van der Waals surface area (Å²) >= 11 is 0. The van der Waals surface area contributed by atoms with Gasteiger partial charge in [-0.3, -0.25) is 9.82 Å². The Balaban J connectivity index is 2.32. The number of aryl methyl sites for hydroxylation is 1. The molecule has 1 aromatic heterocycles. The Morgan fingerprint density at radius 3 is 2.55 bits per heavy atom. The van der Waals surface area contributed by atoms with E-state index in [1.54, 1.807) is 31.2 Å². The highest BCUT2D eigenvalue weighted by molar-refractivity contribution is 7.92. The lowest BCUT2D eigenvalue weighted by atomic mass is 10.3. The second-order valence-corrected chi connectivity index (χ2v) is 5.74. The van der Waals surface area contributed by atoms with Crippen molar-refractivity contribution in [1.29, 1.82) is 0 Å². The third-order valence-electron chi connectivity index (χ3n) is 2.72. The molecule has 0 atom stereocenters. The maximum Gasteiger partial charge on any atom is 0.265 e. The molecule has 1 aromatic carbocycles. The van der Waals surface area contributed by atoms with E-state index in [0.29, 0.717) is 17.1 Å². The van der Waals surface area contributed by atoms with E-state index in [1.165, 1.54) is 7.11 Å². The van der Waals surface area contributed by atoms with Crippen LogP contribution in [0.5, 0.6) is 5.75 Å². The molecule has 108 valence electrons. The number of nitrogens with one attached hydrogen (secondary N) is 2. The van der Waals surface area contributed by atoms with Crippen LogP contribution in [0.25, 0.3) is 0 Å². The highest BCUT2D eigenvalue weighted by atomic mass is 32.2. The molecule has 2 rings (SSSR count). The predicted molar refractivity (Wildman–Crippen MR) is 73.1 cm³/mol. The molecule has 0 saturated heterocycles. The van der Waals surface area contributed by atoms with E-state index in [0.717, 1.165) is 0 Å². The number of methoxy groups -OCH3 is 1. The third-order valence-corrected chi connectivity index (χ3v) is 4.31. The van der Waals surface area contributed by atoms with Gasteiger partial charge in [0.25, 0.3) is 10.0 Å². The average molecular weight is 297 g/mol. The number of rotatable bonds is 5. The van der Waals surface area contributed by atoms with Gasteiger partial charge in [0.1, 0.15) is 16.3 Å². The van der Waals surface area contributed by atoms with E-state index in [4.69, 9.17) is 9.84 Å². The zero-order valence-corrected chi connectivity index (χ0v) is 11.9. The van der Waals surface area contributed by atoms with Crippen LogP contribution >= 0.6 is 0 Å². The van der Waals surface area contributed by atoms with Crippen LogP contribution in [0.15, 0.2) is 29.2 Å². The number of hydrogen-bond donors (Lipinski definition) is 3. The molecule has 1 heterocycles. The molecule has 0 amide bonds. The topological polar surface area (TPSA) is 104 Å². The second kappa shape index (κ2) is 5.51. The zero-order valence-electron chi connectivity index (χ0n) is 11.0. The summed E-state index contributed by atoms with van der Waals surface area (Å²) in [6, 6.07) is 6.47. The normalized spacial score (nSPS) is 11.3. The first-order chi connectivity index (χ1) is 9.47. The molecule has 0 radical (unpaired) electrons. The maximum atomic E-state index is 12.3. The number of aliphatic hydroxyl groups excluding tert-OH is 1. The zero-order chi connectivity index (χ0) is 14.8. The van der Waals surface area contributed by atoms with Crippen molar-refractivity contribution in [2.45, 2.75) is 18.4 Å². The molecule has 8 heteroatoms. The number of nitrogens with zero attached hydrogens (tertiary/aromatic N) is 1. The summed E-state index contributed by atoms with van der Waals surface area (Å²) in [4.78, 5) is -0.0316. The SMILES string of the molecule is COc1ccc(NS(=O)(=O)c2c(CO)n[nH]c2C)cc1. The van der Waals surface area contributed by atoms with Crippen molar-refractivity contribution in [2.24, 2.45) is 0 Å².